The minimum Gasteiger partial charge on any atom is -0.430 e. The highest BCUT2D eigenvalue weighted by Crippen LogP contribution is 2.28. The summed E-state index contributed by atoms with van der Waals surface area (Å²) in [6.45, 7) is 7.35. The fraction of sp³-hybridized carbons (Fsp3) is 0.750. The van der Waals surface area contributed by atoms with Gasteiger partial charge in [0.25, 0.3) is 0 Å². The maximum absolute atomic E-state index is 9.73. The number of nitrogens with zero attached hydrogens (tertiary/aromatic N) is 3. The molecule has 0 aromatic carbocycles. The van der Waals surface area contributed by atoms with Crippen molar-refractivity contribution in [2.24, 2.45) is 10.7 Å². The van der Waals surface area contributed by atoms with Crippen LogP contribution in [0.3, 0.4) is 0 Å². The number of ether oxygens (including phenoxy) is 1. The molecule has 3 rings (SSSR count). The third-order valence-corrected chi connectivity index (χ3v) is 4.97. The molecule has 22 heavy (non-hydrogen) atoms. The first-order valence-corrected chi connectivity index (χ1v) is 8.31. The van der Waals surface area contributed by atoms with Gasteiger partial charge in [-0.25, -0.2) is 0 Å². The van der Waals surface area contributed by atoms with E-state index in [0.29, 0.717) is 6.61 Å². The molecular formula is C16H27N4O2+. The number of fused-ring (bicyclic) bond motifs is 1. The molecule has 6 nitrogen and oxygen atoms in total. The van der Waals surface area contributed by atoms with Crippen molar-refractivity contribution in [3.8, 4) is 0 Å². The van der Waals surface area contributed by atoms with Gasteiger partial charge in [0.05, 0.1) is 24.7 Å². The molecule has 0 aromatic heterocycles. The van der Waals surface area contributed by atoms with Gasteiger partial charge in [0.2, 0.25) is 6.04 Å². The van der Waals surface area contributed by atoms with Crippen LogP contribution in [0.15, 0.2) is 16.8 Å². The van der Waals surface area contributed by atoms with Crippen molar-refractivity contribution < 1.29 is 14.4 Å². The summed E-state index contributed by atoms with van der Waals surface area (Å²) in [5, 5.41) is 9.73. The van der Waals surface area contributed by atoms with E-state index in [-0.39, 0.29) is 18.2 Å². The van der Waals surface area contributed by atoms with E-state index in [2.05, 4.69) is 29.8 Å². The van der Waals surface area contributed by atoms with Gasteiger partial charge in [-0.1, -0.05) is 20.3 Å². The molecule has 3 heterocycles. The smallest absolute Gasteiger partial charge is 0.430 e. The number of rotatable bonds is 4. The highest BCUT2D eigenvalue weighted by atomic mass is 16.6. The van der Waals surface area contributed by atoms with Crippen molar-refractivity contribution in [2.75, 3.05) is 26.2 Å². The molecule has 0 amide bonds. The van der Waals surface area contributed by atoms with Crippen LogP contribution in [0.25, 0.3) is 0 Å². The Hall–Kier alpha value is -1.40. The van der Waals surface area contributed by atoms with E-state index in [4.69, 9.17) is 10.5 Å². The SMILES string of the molecule is CCCC1(N)C=NC(CC)=CC1N1CC[N+]2=C(O)OCC2C1. The zero-order valence-corrected chi connectivity index (χ0v) is 13.5. The molecule has 122 valence electrons. The predicted molar refractivity (Wildman–Crippen MR) is 86.6 cm³/mol. The second kappa shape index (κ2) is 6.01. The Morgan fingerprint density at radius 1 is 1.55 bits per heavy atom. The standard InChI is InChI=1S/C16H26N4O2/c1-3-5-16(17)11-18-12(4-2)8-14(16)19-6-7-20-13(9-19)10-22-15(20)21/h8,11,13-14H,3-7,9-10,17H2,1-2H3/p+1. The van der Waals surface area contributed by atoms with Gasteiger partial charge in [0.15, 0.2) is 13.2 Å². The molecule has 0 bridgehead atoms. The normalized spacial score (nSPS) is 35.3. The molecule has 0 spiro atoms. The van der Waals surface area contributed by atoms with Gasteiger partial charge in [-0.3, -0.25) is 9.89 Å². The van der Waals surface area contributed by atoms with Gasteiger partial charge < -0.3 is 15.6 Å². The fourth-order valence-electron chi connectivity index (χ4n) is 3.74. The largest absolute Gasteiger partial charge is 0.547 e. The summed E-state index contributed by atoms with van der Waals surface area (Å²) in [6.07, 6.45) is 7.16. The Bertz CT molecular complexity index is 528. The summed E-state index contributed by atoms with van der Waals surface area (Å²) in [5.74, 6) is 0. The second-order valence-corrected chi connectivity index (χ2v) is 6.51. The lowest BCUT2D eigenvalue weighted by Gasteiger charge is -2.43. The third-order valence-electron chi connectivity index (χ3n) is 4.97. The number of hydrogen-bond donors (Lipinski definition) is 2. The molecule has 1 fully saturated rings. The topological polar surface area (TPSA) is 74.1 Å². The summed E-state index contributed by atoms with van der Waals surface area (Å²) < 4.78 is 7.23. The number of piperazine rings is 1. The monoisotopic (exact) mass is 307 g/mol. The zero-order chi connectivity index (χ0) is 15.7. The molecule has 3 aliphatic rings. The summed E-state index contributed by atoms with van der Waals surface area (Å²) in [7, 11) is 0. The number of aliphatic hydroxyl groups is 1. The molecule has 3 aliphatic heterocycles. The number of allylic oxidation sites excluding steroid dienone is 1. The lowest BCUT2D eigenvalue weighted by atomic mass is 9.83. The van der Waals surface area contributed by atoms with E-state index in [9.17, 15) is 5.11 Å². The van der Waals surface area contributed by atoms with E-state index >= 15 is 0 Å². The van der Waals surface area contributed by atoms with Crippen LogP contribution in [0.1, 0.15) is 33.1 Å². The second-order valence-electron chi connectivity index (χ2n) is 6.51. The summed E-state index contributed by atoms with van der Waals surface area (Å²) in [6, 6.07) is 0.391. The molecule has 1 saturated heterocycles. The molecule has 6 heteroatoms. The molecule has 0 aliphatic carbocycles. The van der Waals surface area contributed by atoms with Crippen LogP contribution in [0.2, 0.25) is 0 Å². The van der Waals surface area contributed by atoms with Gasteiger partial charge in [0.1, 0.15) is 0 Å². The van der Waals surface area contributed by atoms with Crippen molar-refractivity contribution in [1.29, 1.82) is 0 Å². The van der Waals surface area contributed by atoms with E-state index < -0.39 is 5.54 Å². The Morgan fingerprint density at radius 2 is 2.36 bits per heavy atom. The number of aliphatic imine (C=N–C) groups is 1. The van der Waals surface area contributed by atoms with E-state index in [1.807, 2.05) is 10.8 Å². The first kappa shape index (κ1) is 15.5. The van der Waals surface area contributed by atoms with Crippen molar-refractivity contribution in [3.63, 3.8) is 0 Å². The Kier molecular flexibility index (Phi) is 4.23. The van der Waals surface area contributed by atoms with Crippen LogP contribution >= 0.6 is 0 Å². The van der Waals surface area contributed by atoms with Crippen LogP contribution in [0, 0.1) is 0 Å². The van der Waals surface area contributed by atoms with Gasteiger partial charge in [-0.2, -0.15) is 4.58 Å². The molecule has 0 aromatic rings. The van der Waals surface area contributed by atoms with Crippen molar-refractivity contribution >= 4 is 12.3 Å². The fourth-order valence-corrected chi connectivity index (χ4v) is 3.74. The molecule has 3 atom stereocenters. The summed E-state index contributed by atoms with van der Waals surface area (Å²) in [4.78, 5) is 6.98. The van der Waals surface area contributed by atoms with Crippen molar-refractivity contribution in [2.45, 2.75) is 50.7 Å². The Morgan fingerprint density at radius 3 is 3.09 bits per heavy atom. The van der Waals surface area contributed by atoms with Gasteiger partial charge in [-0.15, -0.1) is 0 Å². The molecular weight excluding hydrogens is 280 g/mol. The van der Waals surface area contributed by atoms with E-state index in [1.165, 1.54) is 0 Å². The van der Waals surface area contributed by atoms with E-state index in [0.717, 1.165) is 44.6 Å². The van der Waals surface area contributed by atoms with Gasteiger partial charge >= 0.3 is 6.08 Å². The van der Waals surface area contributed by atoms with Crippen LogP contribution in [0.4, 0.5) is 0 Å². The minimum atomic E-state index is -0.402. The van der Waals surface area contributed by atoms with Crippen LogP contribution in [0.5, 0.6) is 0 Å². The third kappa shape index (κ3) is 2.65. The van der Waals surface area contributed by atoms with Crippen LogP contribution < -0.4 is 5.73 Å². The zero-order valence-electron chi connectivity index (χ0n) is 13.5. The lowest BCUT2D eigenvalue weighted by Crippen LogP contribution is -2.64. The first-order valence-electron chi connectivity index (χ1n) is 8.31. The number of hydrogen-bond acceptors (Lipinski definition) is 4. The maximum Gasteiger partial charge on any atom is 0.547 e. The average Bonchev–Trinajstić information content (AvgIpc) is 2.89. The molecule has 3 unspecified atom stereocenters. The Labute approximate surface area is 132 Å². The molecule has 0 radical (unpaired) electrons. The van der Waals surface area contributed by atoms with E-state index in [1.54, 1.807) is 0 Å². The summed E-state index contributed by atoms with van der Waals surface area (Å²) >= 11 is 0. The average molecular weight is 307 g/mol. The summed E-state index contributed by atoms with van der Waals surface area (Å²) in [5.41, 5.74) is 7.40. The number of nitrogens with two attached hydrogens (primary N) is 1. The van der Waals surface area contributed by atoms with Crippen molar-refractivity contribution in [3.05, 3.63) is 11.8 Å². The van der Waals surface area contributed by atoms with Gasteiger partial charge in [-0.05, 0) is 18.9 Å². The Balaban J connectivity index is 1.82. The highest BCUT2D eigenvalue weighted by Gasteiger charge is 2.45. The van der Waals surface area contributed by atoms with Crippen LogP contribution in [-0.2, 0) is 4.74 Å². The highest BCUT2D eigenvalue weighted by molar-refractivity contribution is 5.74. The molecule has 3 N–H and O–H groups in total. The molecule has 0 saturated carbocycles. The van der Waals surface area contributed by atoms with Crippen LogP contribution in [-0.4, -0.2) is 70.7 Å². The minimum absolute atomic E-state index is 0.0761. The maximum atomic E-state index is 9.73. The quantitative estimate of drug-likeness (QED) is 0.756. The lowest BCUT2D eigenvalue weighted by molar-refractivity contribution is -0.574. The van der Waals surface area contributed by atoms with Crippen molar-refractivity contribution in [1.82, 2.24) is 4.90 Å². The first-order chi connectivity index (χ1) is 10.6. The number of aliphatic hydroxyl groups excluding tert-OH is 1. The predicted octanol–water partition coefficient (Wildman–Crippen LogP) is 0.872. The van der Waals surface area contributed by atoms with Gasteiger partial charge in [0, 0.05) is 11.9 Å².